The van der Waals surface area contributed by atoms with Crippen LogP contribution in [0.4, 0.5) is 0 Å². The highest BCUT2D eigenvalue weighted by Gasteiger charge is 2.37. The Morgan fingerprint density at radius 1 is 0.500 bits per heavy atom. The molecule has 0 aliphatic rings. The van der Waals surface area contributed by atoms with Crippen LogP contribution in [0.25, 0.3) is 0 Å². The zero-order chi connectivity index (χ0) is 19.2. The van der Waals surface area contributed by atoms with Gasteiger partial charge in [-0.1, -0.05) is 115 Å². The van der Waals surface area contributed by atoms with Gasteiger partial charge in [-0.3, -0.25) is 0 Å². The number of hydrogen-bond donors (Lipinski definition) is 0. The van der Waals surface area contributed by atoms with E-state index in [0.29, 0.717) is 0 Å². The van der Waals surface area contributed by atoms with Crippen LogP contribution in [-0.2, 0) is 11.2 Å². The molecule has 4 rings (SSSR count). The van der Waals surface area contributed by atoms with E-state index in [0.717, 1.165) is 5.75 Å². The molecule has 0 amide bonds. The highest BCUT2D eigenvalue weighted by molar-refractivity contribution is 7.97. The van der Waals surface area contributed by atoms with Crippen molar-refractivity contribution in [2.75, 3.05) is 6.26 Å². The summed E-state index contributed by atoms with van der Waals surface area (Å²) in [6, 6.07) is 41.7. The van der Waals surface area contributed by atoms with Gasteiger partial charge in [0.15, 0.2) is 0 Å². The summed E-state index contributed by atoms with van der Waals surface area (Å²) in [6.45, 7) is 0. The van der Waals surface area contributed by atoms with Crippen LogP contribution in [0.2, 0.25) is 0 Å². The molecule has 28 heavy (non-hydrogen) atoms. The Morgan fingerprint density at radius 2 is 0.857 bits per heavy atom. The highest BCUT2D eigenvalue weighted by Crippen LogP contribution is 2.44. The summed E-state index contributed by atoms with van der Waals surface area (Å²) in [5.74, 6) is 1.04. The fraction of sp³-hybridized carbons (Fsp3) is 0.111. The Labute approximate surface area is 172 Å². The molecule has 4 aromatic carbocycles. The first kappa shape index (κ1) is 18.6. The summed E-state index contributed by atoms with van der Waals surface area (Å²) < 4.78 is 0. The van der Waals surface area contributed by atoms with Crippen LogP contribution >= 0.6 is 11.8 Å². The van der Waals surface area contributed by atoms with Crippen molar-refractivity contribution in [3.05, 3.63) is 143 Å². The third kappa shape index (κ3) is 3.39. The van der Waals surface area contributed by atoms with E-state index >= 15 is 0 Å². The highest BCUT2D eigenvalue weighted by atomic mass is 32.2. The molecular formula is C27H24S. The molecule has 0 fully saturated rings. The normalized spacial score (nSPS) is 11.3. The Bertz CT molecular complexity index is 894. The molecule has 0 bridgehead atoms. The average molecular weight is 381 g/mol. The molecule has 0 spiro atoms. The molecule has 1 heteroatoms. The second-order valence-electron chi connectivity index (χ2n) is 6.98. The third-order valence-electron chi connectivity index (χ3n) is 5.32. The van der Waals surface area contributed by atoms with Gasteiger partial charge in [-0.25, -0.2) is 0 Å². The average Bonchev–Trinajstić information content (AvgIpc) is 2.78. The standard InChI is InChI=1S/C27H24S/c1-28-21-22-17-19-26(20-18-22)27(23-11-5-2-6-12-23,24-13-7-3-8-14-24)25-15-9-4-10-16-25/h2-20H,21H2,1H3. The summed E-state index contributed by atoms with van der Waals surface area (Å²) in [7, 11) is 0. The van der Waals surface area contributed by atoms with Crippen LogP contribution < -0.4 is 0 Å². The van der Waals surface area contributed by atoms with E-state index in [1.807, 2.05) is 11.8 Å². The molecule has 0 N–H and O–H groups in total. The predicted molar refractivity (Wildman–Crippen MR) is 122 cm³/mol. The zero-order valence-electron chi connectivity index (χ0n) is 16.1. The van der Waals surface area contributed by atoms with Gasteiger partial charge in [-0.2, -0.15) is 11.8 Å². The topological polar surface area (TPSA) is 0 Å². The Balaban J connectivity index is 2.04. The molecule has 0 aromatic heterocycles. The van der Waals surface area contributed by atoms with Gasteiger partial charge in [0, 0.05) is 5.75 Å². The lowest BCUT2D eigenvalue weighted by Gasteiger charge is -2.37. The van der Waals surface area contributed by atoms with Gasteiger partial charge in [0.1, 0.15) is 0 Å². The minimum absolute atomic E-state index is 0.346. The molecule has 138 valence electrons. The van der Waals surface area contributed by atoms with Crippen molar-refractivity contribution in [1.82, 2.24) is 0 Å². The summed E-state index contributed by atoms with van der Waals surface area (Å²) in [4.78, 5) is 0. The molecule has 0 heterocycles. The lowest BCUT2D eigenvalue weighted by molar-refractivity contribution is 0.744. The number of benzene rings is 4. The SMILES string of the molecule is CSCc1ccc(C(c2ccccc2)(c2ccccc2)c2ccccc2)cc1. The zero-order valence-corrected chi connectivity index (χ0v) is 16.9. The van der Waals surface area contributed by atoms with E-state index < -0.39 is 0 Å². The molecule has 0 nitrogen and oxygen atoms in total. The summed E-state index contributed by atoms with van der Waals surface area (Å²) >= 11 is 1.86. The smallest absolute Gasteiger partial charge is 0.0701 e. The maximum absolute atomic E-state index is 2.30. The van der Waals surface area contributed by atoms with E-state index in [1.165, 1.54) is 27.8 Å². The minimum atomic E-state index is -0.346. The number of rotatable bonds is 6. The predicted octanol–water partition coefficient (Wildman–Crippen LogP) is 6.93. The van der Waals surface area contributed by atoms with Gasteiger partial charge in [-0.15, -0.1) is 0 Å². The van der Waals surface area contributed by atoms with Crippen LogP contribution in [0.3, 0.4) is 0 Å². The van der Waals surface area contributed by atoms with Crippen LogP contribution in [-0.4, -0.2) is 6.26 Å². The fourth-order valence-corrected chi connectivity index (χ4v) is 4.61. The second kappa shape index (κ2) is 8.50. The monoisotopic (exact) mass is 380 g/mol. The summed E-state index contributed by atoms with van der Waals surface area (Å²) in [5.41, 5.74) is 6.15. The first-order valence-electron chi connectivity index (χ1n) is 9.60. The van der Waals surface area contributed by atoms with Crippen LogP contribution in [0.1, 0.15) is 27.8 Å². The van der Waals surface area contributed by atoms with Crippen LogP contribution in [0, 0.1) is 0 Å². The molecule has 0 aliphatic carbocycles. The van der Waals surface area contributed by atoms with Gasteiger partial charge in [0.2, 0.25) is 0 Å². The van der Waals surface area contributed by atoms with Crippen LogP contribution in [0.15, 0.2) is 115 Å². The first-order valence-corrected chi connectivity index (χ1v) is 11.0. The summed E-state index contributed by atoms with van der Waals surface area (Å²) in [5, 5.41) is 0. The number of thioether (sulfide) groups is 1. The Kier molecular flexibility index (Phi) is 5.64. The van der Waals surface area contributed by atoms with Crippen molar-refractivity contribution >= 4 is 11.8 Å². The lowest BCUT2D eigenvalue weighted by atomic mass is 9.65. The van der Waals surface area contributed by atoms with E-state index in [-0.39, 0.29) is 5.41 Å². The van der Waals surface area contributed by atoms with Gasteiger partial charge >= 0.3 is 0 Å². The molecule has 0 saturated heterocycles. The fourth-order valence-electron chi connectivity index (χ4n) is 4.08. The molecule has 0 unspecified atom stereocenters. The largest absolute Gasteiger partial charge is 0.161 e. The van der Waals surface area contributed by atoms with Crippen LogP contribution in [0.5, 0.6) is 0 Å². The summed E-state index contributed by atoms with van der Waals surface area (Å²) in [6.07, 6.45) is 2.15. The third-order valence-corrected chi connectivity index (χ3v) is 5.94. The lowest BCUT2D eigenvalue weighted by Crippen LogP contribution is -2.30. The van der Waals surface area contributed by atoms with Crippen molar-refractivity contribution in [2.45, 2.75) is 11.2 Å². The van der Waals surface area contributed by atoms with E-state index in [4.69, 9.17) is 0 Å². The van der Waals surface area contributed by atoms with Crippen molar-refractivity contribution < 1.29 is 0 Å². The maximum Gasteiger partial charge on any atom is 0.0701 e. The van der Waals surface area contributed by atoms with Crippen molar-refractivity contribution in [1.29, 1.82) is 0 Å². The van der Waals surface area contributed by atoms with E-state index in [2.05, 4.69) is 122 Å². The number of hydrogen-bond acceptors (Lipinski definition) is 1. The molecule has 4 aromatic rings. The Morgan fingerprint density at radius 3 is 1.21 bits per heavy atom. The molecule has 0 saturated carbocycles. The van der Waals surface area contributed by atoms with Crippen molar-refractivity contribution in [2.24, 2.45) is 0 Å². The van der Waals surface area contributed by atoms with E-state index in [9.17, 15) is 0 Å². The molecule has 0 radical (unpaired) electrons. The van der Waals surface area contributed by atoms with E-state index in [1.54, 1.807) is 0 Å². The first-order chi connectivity index (χ1) is 13.9. The van der Waals surface area contributed by atoms with Gasteiger partial charge in [-0.05, 0) is 34.1 Å². The minimum Gasteiger partial charge on any atom is -0.161 e. The maximum atomic E-state index is 2.30. The van der Waals surface area contributed by atoms with Gasteiger partial charge in [0.05, 0.1) is 5.41 Å². The van der Waals surface area contributed by atoms with Gasteiger partial charge in [0.25, 0.3) is 0 Å². The molecule has 0 aliphatic heterocycles. The quantitative estimate of drug-likeness (QED) is 0.327. The van der Waals surface area contributed by atoms with Crippen molar-refractivity contribution in [3.8, 4) is 0 Å². The molecule has 0 atom stereocenters. The Hall–Kier alpha value is -2.77. The van der Waals surface area contributed by atoms with Crippen molar-refractivity contribution in [3.63, 3.8) is 0 Å². The second-order valence-corrected chi connectivity index (χ2v) is 7.84. The van der Waals surface area contributed by atoms with Gasteiger partial charge < -0.3 is 0 Å². The molecular weight excluding hydrogens is 356 g/mol.